The van der Waals surface area contributed by atoms with E-state index in [0.29, 0.717) is 13.2 Å². The summed E-state index contributed by atoms with van der Waals surface area (Å²) in [6.45, 7) is 0.696. The Balaban J connectivity index is -0.0000000383. The van der Waals surface area contributed by atoms with Crippen molar-refractivity contribution in [3.63, 3.8) is 0 Å². The van der Waals surface area contributed by atoms with Gasteiger partial charge in [-0.1, -0.05) is 0 Å². The Morgan fingerprint density at radius 2 is 1.29 bits per heavy atom. The Labute approximate surface area is 106 Å². The van der Waals surface area contributed by atoms with Crippen LogP contribution in [0.25, 0.3) is 0 Å². The van der Waals surface area contributed by atoms with Gasteiger partial charge in [0.1, 0.15) is 0 Å². The SMILES string of the molecule is O.O=S(=O)(O)O.OCCOCCO.[H-].[Na+]. The molecule has 0 spiro atoms. The van der Waals surface area contributed by atoms with Gasteiger partial charge in [-0.25, -0.2) is 0 Å². The second-order valence-corrected chi connectivity index (χ2v) is 2.40. The van der Waals surface area contributed by atoms with E-state index >= 15 is 0 Å². The fourth-order valence-electron chi connectivity index (χ4n) is 0.231. The van der Waals surface area contributed by atoms with Crippen LogP contribution in [0.2, 0.25) is 0 Å². The number of ether oxygens (including phenoxy) is 1. The molecular weight excluding hydrogens is 231 g/mol. The van der Waals surface area contributed by atoms with Crippen LogP contribution in [0.5, 0.6) is 0 Å². The van der Waals surface area contributed by atoms with Crippen molar-refractivity contribution < 1.29 is 68.9 Å². The average Bonchev–Trinajstić information content (AvgIpc) is 1.85. The number of hydrogen-bond donors (Lipinski definition) is 4. The summed E-state index contributed by atoms with van der Waals surface area (Å²) in [5.74, 6) is 0. The third-order valence-electron chi connectivity index (χ3n) is 0.471. The van der Waals surface area contributed by atoms with Gasteiger partial charge in [0, 0.05) is 0 Å². The van der Waals surface area contributed by atoms with E-state index in [1.807, 2.05) is 0 Å². The first kappa shape index (κ1) is 24.1. The molecule has 0 unspecified atom stereocenters. The van der Waals surface area contributed by atoms with Crippen LogP contribution in [-0.4, -0.2) is 59.6 Å². The number of hydrogen-bond acceptors (Lipinski definition) is 5. The van der Waals surface area contributed by atoms with Crippen molar-refractivity contribution in [3.8, 4) is 0 Å². The summed E-state index contributed by atoms with van der Waals surface area (Å²) in [6, 6.07) is 0. The molecule has 0 saturated heterocycles. The fourth-order valence-corrected chi connectivity index (χ4v) is 0.231. The molecule has 0 aliphatic rings. The Morgan fingerprint density at radius 1 is 1.07 bits per heavy atom. The van der Waals surface area contributed by atoms with Crippen LogP contribution >= 0.6 is 0 Å². The molecular formula is C4H15NaO8S. The van der Waals surface area contributed by atoms with Crippen molar-refractivity contribution in [2.24, 2.45) is 0 Å². The Kier molecular flexibility index (Phi) is 27.8. The molecule has 0 amide bonds. The Morgan fingerprint density at radius 3 is 1.43 bits per heavy atom. The molecule has 6 N–H and O–H groups in total. The van der Waals surface area contributed by atoms with Crippen LogP contribution in [0.15, 0.2) is 0 Å². The molecule has 0 heterocycles. The molecule has 0 aliphatic heterocycles. The molecule has 0 aromatic heterocycles. The minimum atomic E-state index is -4.67. The minimum Gasteiger partial charge on any atom is -1.00 e. The first-order valence-corrected chi connectivity index (χ1v) is 4.31. The van der Waals surface area contributed by atoms with Gasteiger partial charge in [0.15, 0.2) is 0 Å². The van der Waals surface area contributed by atoms with Gasteiger partial charge in [-0.3, -0.25) is 9.11 Å². The third kappa shape index (κ3) is 78.6. The summed E-state index contributed by atoms with van der Waals surface area (Å²) in [5, 5.41) is 16.2. The van der Waals surface area contributed by atoms with Gasteiger partial charge in [0.2, 0.25) is 0 Å². The van der Waals surface area contributed by atoms with Crippen LogP contribution in [0.3, 0.4) is 0 Å². The van der Waals surface area contributed by atoms with Crippen molar-refractivity contribution in [2.45, 2.75) is 0 Å². The number of aliphatic hydroxyl groups is 2. The predicted molar refractivity (Wildman–Crippen MR) is 43.9 cm³/mol. The minimum absolute atomic E-state index is 0. The van der Waals surface area contributed by atoms with Crippen LogP contribution in [0.4, 0.5) is 0 Å². The second-order valence-electron chi connectivity index (χ2n) is 1.51. The van der Waals surface area contributed by atoms with E-state index in [1.165, 1.54) is 0 Å². The van der Waals surface area contributed by atoms with E-state index in [1.54, 1.807) is 0 Å². The van der Waals surface area contributed by atoms with Gasteiger partial charge in [0.25, 0.3) is 0 Å². The summed E-state index contributed by atoms with van der Waals surface area (Å²) >= 11 is 0. The topological polar surface area (TPSA) is 156 Å². The second kappa shape index (κ2) is 16.2. The quantitative estimate of drug-likeness (QED) is 0.219. The summed E-state index contributed by atoms with van der Waals surface area (Å²) in [6.07, 6.45) is 0. The maximum Gasteiger partial charge on any atom is 1.00 e. The van der Waals surface area contributed by atoms with E-state index in [4.69, 9.17) is 27.7 Å². The van der Waals surface area contributed by atoms with Crippen molar-refractivity contribution in [3.05, 3.63) is 0 Å². The first-order chi connectivity index (χ1) is 5.41. The van der Waals surface area contributed by atoms with E-state index in [2.05, 4.69) is 4.74 Å². The molecule has 0 aromatic rings. The predicted octanol–water partition coefficient (Wildman–Crippen LogP) is -5.37. The maximum atomic E-state index is 8.74. The monoisotopic (exact) mass is 246 g/mol. The molecule has 0 radical (unpaired) electrons. The normalized spacial score (nSPS) is 8.86. The summed E-state index contributed by atoms with van der Waals surface area (Å²) in [7, 11) is -4.67. The molecule has 8 nitrogen and oxygen atoms in total. The molecule has 86 valence electrons. The molecule has 0 bridgehead atoms. The van der Waals surface area contributed by atoms with E-state index in [9.17, 15) is 0 Å². The number of aliphatic hydroxyl groups excluding tert-OH is 2. The molecule has 10 heteroatoms. The van der Waals surface area contributed by atoms with E-state index in [-0.39, 0.29) is 49.7 Å². The first-order valence-electron chi connectivity index (χ1n) is 2.91. The smallest absolute Gasteiger partial charge is 1.00 e. The van der Waals surface area contributed by atoms with Gasteiger partial charge < -0.3 is 21.9 Å². The van der Waals surface area contributed by atoms with Crippen LogP contribution < -0.4 is 29.6 Å². The third-order valence-corrected chi connectivity index (χ3v) is 0.471. The Hall–Kier alpha value is 0.710. The molecule has 0 rings (SSSR count). The summed E-state index contributed by atoms with van der Waals surface area (Å²) in [4.78, 5) is 0. The van der Waals surface area contributed by atoms with Crippen molar-refractivity contribution in [2.75, 3.05) is 26.4 Å². The number of rotatable bonds is 4. The molecule has 0 saturated carbocycles. The molecule has 0 atom stereocenters. The standard InChI is InChI=1S/C4H10O3.Na.H2O4S.H2O.H/c5-1-3-7-4-2-6;;1-5(2,3)4;;/h5-6H,1-4H2;;(H2,1,2,3,4);1H2;/q;+1;;;-1. The summed E-state index contributed by atoms with van der Waals surface area (Å²) < 4.78 is 36.2. The van der Waals surface area contributed by atoms with Crippen LogP contribution in [0, 0.1) is 0 Å². The zero-order valence-corrected chi connectivity index (χ0v) is 10.6. The fraction of sp³-hybridized carbons (Fsp3) is 1.00. The molecule has 0 fully saturated rings. The van der Waals surface area contributed by atoms with Crippen molar-refractivity contribution in [1.82, 2.24) is 0 Å². The van der Waals surface area contributed by atoms with Gasteiger partial charge >= 0.3 is 40.0 Å². The van der Waals surface area contributed by atoms with E-state index < -0.39 is 10.4 Å². The molecule has 0 aliphatic carbocycles. The van der Waals surface area contributed by atoms with Crippen molar-refractivity contribution in [1.29, 1.82) is 0 Å². The Bertz CT molecular complexity index is 161. The van der Waals surface area contributed by atoms with Gasteiger partial charge in [-0.2, -0.15) is 8.42 Å². The van der Waals surface area contributed by atoms with Crippen LogP contribution in [0.1, 0.15) is 1.43 Å². The van der Waals surface area contributed by atoms with Gasteiger partial charge in [-0.05, 0) is 0 Å². The van der Waals surface area contributed by atoms with Crippen molar-refractivity contribution >= 4 is 10.4 Å². The van der Waals surface area contributed by atoms with E-state index in [0.717, 1.165) is 0 Å². The van der Waals surface area contributed by atoms with Gasteiger partial charge in [-0.15, -0.1) is 0 Å². The van der Waals surface area contributed by atoms with Crippen LogP contribution in [-0.2, 0) is 15.1 Å². The zero-order valence-electron chi connectivity index (χ0n) is 8.75. The largest absolute Gasteiger partial charge is 1.00 e. The summed E-state index contributed by atoms with van der Waals surface area (Å²) in [5.41, 5.74) is 0. The average molecular weight is 246 g/mol. The van der Waals surface area contributed by atoms with Gasteiger partial charge in [0.05, 0.1) is 26.4 Å². The zero-order chi connectivity index (χ0) is 10.0. The molecule has 14 heavy (non-hydrogen) atoms. The molecule has 0 aromatic carbocycles. The maximum absolute atomic E-state index is 8.74.